The molecule has 1 heterocycles. The second-order valence-corrected chi connectivity index (χ2v) is 6.03. The molecule has 1 aromatic rings. The molecule has 0 spiro atoms. The molecule has 0 radical (unpaired) electrons. The summed E-state index contributed by atoms with van der Waals surface area (Å²) in [5, 5.41) is 2.79. The van der Waals surface area contributed by atoms with Crippen LogP contribution in [0.4, 0.5) is 13.2 Å². The Kier molecular flexibility index (Phi) is 5.89. The van der Waals surface area contributed by atoms with Crippen LogP contribution in [0.2, 0.25) is 0 Å². The Morgan fingerprint density at radius 1 is 1.33 bits per heavy atom. The molecule has 1 N–H and O–H groups in total. The molecule has 0 aromatic heterocycles. The molecule has 0 aliphatic carbocycles. The number of amides is 1. The topological polar surface area (TPSA) is 32.3 Å². The summed E-state index contributed by atoms with van der Waals surface area (Å²) >= 11 is 0. The Morgan fingerprint density at radius 2 is 2.00 bits per heavy atom. The van der Waals surface area contributed by atoms with E-state index in [1.165, 1.54) is 12.1 Å². The Balaban J connectivity index is 2.16. The normalized spacial score (nSPS) is 21.7. The number of halogens is 3. The number of hydrogen-bond acceptors (Lipinski definition) is 2. The summed E-state index contributed by atoms with van der Waals surface area (Å²) in [5.41, 5.74) is 0.193. The molecular weight excluding hydrogens is 317 g/mol. The van der Waals surface area contributed by atoms with Gasteiger partial charge >= 0.3 is 6.18 Å². The highest BCUT2D eigenvalue weighted by Crippen LogP contribution is 2.36. The minimum atomic E-state index is -4.33. The predicted octanol–water partition coefficient (Wildman–Crippen LogP) is 3.23. The number of hydrogen-bond donors (Lipinski definition) is 1. The molecular formula is C18H21F3N2O. The fraction of sp³-hybridized carbons (Fsp3) is 0.500. The average molecular weight is 338 g/mol. The summed E-state index contributed by atoms with van der Waals surface area (Å²) < 4.78 is 38.2. The van der Waals surface area contributed by atoms with E-state index in [2.05, 4.69) is 22.1 Å². The fourth-order valence-electron chi connectivity index (χ4n) is 3.25. The number of nitrogens with zero attached hydrogens (tertiary/aromatic N) is 1. The van der Waals surface area contributed by atoms with Gasteiger partial charge in [-0.05, 0) is 62.9 Å². The first-order valence-electron chi connectivity index (χ1n) is 7.91. The molecule has 0 bridgehead atoms. The number of benzene rings is 1. The van der Waals surface area contributed by atoms with Crippen molar-refractivity contribution in [3.8, 4) is 11.8 Å². The number of nitrogens with one attached hydrogen (secondary N) is 1. The van der Waals surface area contributed by atoms with Crippen LogP contribution in [0.15, 0.2) is 24.3 Å². The average Bonchev–Trinajstić information content (AvgIpc) is 2.52. The van der Waals surface area contributed by atoms with Crippen LogP contribution in [0.5, 0.6) is 0 Å². The molecule has 1 saturated heterocycles. The van der Waals surface area contributed by atoms with Crippen LogP contribution in [-0.4, -0.2) is 30.9 Å². The second-order valence-electron chi connectivity index (χ2n) is 6.03. The predicted molar refractivity (Wildman–Crippen MR) is 86.0 cm³/mol. The molecule has 6 heteroatoms. The van der Waals surface area contributed by atoms with E-state index in [4.69, 9.17) is 0 Å². The van der Waals surface area contributed by atoms with Crippen LogP contribution in [0.25, 0.3) is 0 Å². The Bertz CT molecular complexity index is 628. The van der Waals surface area contributed by atoms with Gasteiger partial charge in [0.1, 0.15) is 0 Å². The highest BCUT2D eigenvalue weighted by Gasteiger charge is 2.33. The zero-order valence-electron chi connectivity index (χ0n) is 13.8. The smallest absolute Gasteiger partial charge is 0.345 e. The quantitative estimate of drug-likeness (QED) is 0.858. The lowest BCUT2D eigenvalue weighted by atomic mass is 9.84. The molecule has 24 heavy (non-hydrogen) atoms. The van der Waals surface area contributed by atoms with E-state index >= 15 is 0 Å². The lowest BCUT2D eigenvalue weighted by Gasteiger charge is -2.39. The van der Waals surface area contributed by atoms with Crippen molar-refractivity contribution < 1.29 is 18.0 Å². The third-order valence-corrected chi connectivity index (χ3v) is 4.35. The van der Waals surface area contributed by atoms with Crippen LogP contribution in [0.1, 0.15) is 36.9 Å². The molecule has 1 aliphatic heterocycles. The highest BCUT2D eigenvalue weighted by atomic mass is 19.4. The lowest BCUT2D eigenvalue weighted by Crippen LogP contribution is -2.41. The molecule has 3 nitrogen and oxygen atoms in total. The SMILES string of the molecule is CC#CC(=O)NC[C@H]1CCCN(C)[C@@H]1c1ccc(C(F)(F)F)cc1. The number of rotatable bonds is 3. The van der Waals surface area contributed by atoms with Crippen molar-refractivity contribution in [2.45, 2.75) is 32.0 Å². The minimum absolute atomic E-state index is 0.0177. The number of carbonyl (C=O) groups is 1. The number of alkyl halides is 3. The van der Waals surface area contributed by atoms with Crippen molar-refractivity contribution in [1.29, 1.82) is 0 Å². The molecule has 2 rings (SSSR count). The van der Waals surface area contributed by atoms with Gasteiger partial charge in [0.05, 0.1) is 5.56 Å². The second kappa shape index (κ2) is 7.71. The first-order chi connectivity index (χ1) is 11.3. The standard InChI is InChI=1S/C18H21F3N2O/c1-3-5-16(24)22-12-14-6-4-11-23(2)17(14)13-7-9-15(10-8-13)18(19,20)21/h7-10,14,17H,4,6,11-12H2,1-2H3,(H,22,24)/t14-,17-/m1/s1. The van der Waals surface area contributed by atoms with Gasteiger partial charge in [0.2, 0.25) is 0 Å². The highest BCUT2D eigenvalue weighted by molar-refractivity contribution is 5.93. The van der Waals surface area contributed by atoms with E-state index in [9.17, 15) is 18.0 Å². The van der Waals surface area contributed by atoms with Gasteiger partial charge in [-0.25, -0.2) is 0 Å². The molecule has 0 saturated carbocycles. The van der Waals surface area contributed by atoms with E-state index < -0.39 is 11.7 Å². The third kappa shape index (κ3) is 4.51. The molecule has 1 aromatic carbocycles. The minimum Gasteiger partial charge on any atom is -0.345 e. The van der Waals surface area contributed by atoms with Gasteiger partial charge in [-0.3, -0.25) is 9.69 Å². The maximum atomic E-state index is 12.7. The zero-order chi connectivity index (χ0) is 17.7. The van der Waals surface area contributed by atoms with Gasteiger partial charge in [0.25, 0.3) is 5.91 Å². The number of likely N-dealkylation sites (tertiary alicyclic amines) is 1. The van der Waals surface area contributed by atoms with E-state index in [1.807, 2.05) is 7.05 Å². The summed E-state index contributed by atoms with van der Waals surface area (Å²) in [6, 6.07) is 5.30. The maximum absolute atomic E-state index is 12.7. The van der Waals surface area contributed by atoms with Crippen molar-refractivity contribution in [1.82, 2.24) is 10.2 Å². The summed E-state index contributed by atoms with van der Waals surface area (Å²) in [7, 11) is 1.96. The molecule has 1 amide bonds. The largest absolute Gasteiger partial charge is 0.416 e. The van der Waals surface area contributed by atoms with Gasteiger partial charge in [0, 0.05) is 12.6 Å². The molecule has 1 aliphatic rings. The van der Waals surface area contributed by atoms with Crippen LogP contribution in [0, 0.1) is 17.8 Å². The van der Waals surface area contributed by atoms with Crippen molar-refractivity contribution in [3.63, 3.8) is 0 Å². The number of piperidine rings is 1. The van der Waals surface area contributed by atoms with E-state index in [1.54, 1.807) is 6.92 Å². The Hall–Kier alpha value is -2.00. The Labute approximate surface area is 140 Å². The van der Waals surface area contributed by atoms with Crippen LogP contribution in [0.3, 0.4) is 0 Å². The maximum Gasteiger partial charge on any atom is 0.416 e. The van der Waals surface area contributed by atoms with E-state index in [0.717, 1.165) is 37.1 Å². The summed E-state index contributed by atoms with van der Waals surface area (Å²) in [6.45, 7) is 2.94. The lowest BCUT2D eigenvalue weighted by molar-refractivity contribution is -0.137. The van der Waals surface area contributed by atoms with E-state index in [-0.39, 0.29) is 17.9 Å². The van der Waals surface area contributed by atoms with Crippen molar-refractivity contribution >= 4 is 5.91 Å². The summed E-state index contributed by atoms with van der Waals surface area (Å²) in [5.74, 6) is 4.80. The van der Waals surface area contributed by atoms with Gasteiger partial charge < -0.3 is 5.32 Å². The third-order valence-electron chi connectivity index (χ3n) is 4.35. The van der Waals surface area contributed by atoms with Crippen LogP contribution >= 0.6 is 0 Å². The van der Waals surface area contributed by atoms with Gasteiger partial charge in [0.15, 0.2) is 0 Å². The van der Waals surface area contributed by atoms with E-state index in [0.29, 0.717) is 6.54 Å². The van der Waals surface area contributed by atoms with Crippen LogP contribution < -0.4 is 5.32 Å². The van der Waals surface area contributed by atoms with Crippen LogP contribution in [-0.2, 0) is 11.0 Å². The molecule has 2 atom stereocenters. The number of carbonyl (C=O) groups excluding carboxylic acids is 1. The molecule has 130 valence electrons. The molecule has 0 unspecified atom stereocenters. The first-order valence-corrected chi connectivity index (χ1v) is 7.91. The first kappa shape index (κ1) is 18.3. The zero-order valence-corrected chi connectivity index (χ0v) is 13.8. The monoisotopic (exact) mass is 338 g/mol. The van der Waals surface area contributed by atoms with Crippen molar-refractivity contribution in [2.24, 2.45) is 5.92 Å². The summed E-state index contributed by atoms with van der Waals surface area (Å²) in [6.07, 6.45) is -2.42. The van der Waals surface area contributed by atoms with Crippen molar-refractivity contribution in [2.75, 3.05) is 20.1 Å². The van der Waals surface area contributed by atoms with Crippen molar-refractivity contribution in [3.05, 3.63) is 35.4 Å². The fourth-order valence-corrected chi connectivity index (χ4v) is 3.25. The van der Waals surface area contributed by atoms with Gasteiger partial charge in [-0.1, -0.05) is 18.1 Å². The summed E-state index contributed by atoms with van der Waals surface area (Å²) in [4.78, 5) is 13.7. The Morgan fingerprint density at radius 3 is 2.58 bits per heavy atom. The van der Waals surface area contributed by atoms with Gasteiger partial charge in [-0.2, -0.15) is 13.2 Å². The molecule has 1 fully saturated rings. The van der Waals surface area contributed by atoms with Gasteiger partial charge in [-0.15, -0.1) is 0 Å².